The molecule has 0 aliphatic carbocycles. The van der Waals surface area contributed by atoms with Gasteiger partial charge in [-0.15, -0.1) is 12.3 Å². The van der Waals surface area contributed by atoms with Crippen molar-refractivity contribution in [2.45, 2.75) is 18.9 Å². The van der Waals surface area contributed by atoms with Crippen LogP contribution < -0.4 is 0 Å². The molecule has 2 heteroatoms. The molecule has 1 fully saturated rings. The SMILES string of the molecule is C#CCC[C@@H]1COC[C@H]1O. The van der Waals surface area contributed by atoms with Gasteiger partial charge in [0, 0.05) is 12.3 Å². The van der Waals surface area contributed by atoms with Crippen LogP contribution in [0.3, 0.4) is 0 Å². The van der Waals surface area contributed by atoms with Crippen LogP contribution in [0.15, 0.2) is 0 Å². The van der Waals surface area contributed by atoms with Crippen molar-refractivity contribution in [3.05, 3.63) is 0 Å². The molecule has 10 heavy (non-hydrogen) atoms. The average Bonchev–Trinajstić information content (AvgIpc) is 2.31. The first-order valence-electron chi connectivity index (χ1n) is 3.54. The molecule has 0 spiro atoms. The summed E-state index contributed by atoms with van der Waals surface area (Å²) in [5.41, 5.74) is 0. The van der Waals surface area contributed by atoms with Crippen molar-refractivity contribution < 1.29 is 9.84 Å². The molecule has 0 aromatic rings. The molecular weight excluding hydrogens is 128 g/mol. The van der Waals surface area contributed by atoms with E-state index >= 15 is 0 Å². The summed E-state index contributed by atoms with van der Waals surface area (Å²) < 4.78 is 5.05. The van der Waals surface area contributed by atoms with Gasteiger partial charge in [-0.25, -0.2) is 0 Å². The van der Waals surface area contributed by atoms with E-state index in [9.17, 15) is 5.11 Å². The standard InChI is InChI=1S/C8H12O2/c1-2-3-4-7-5-10-6-8(7)9/h1,7-9H,3-6H2/t7-,8-/m1/s1. The van der Waals surface area contributed by atoms with Gasteiger partial charge < -0.3 is 9.84 Å². The van der Waals surface area contributed by atoms with Gasteiger partial charge in [0.05, 0.1) is 19.3 Å². The Bertz CT molecular complexity index is 137. The zero-order chi connectivity index (χ0) is 7.40. The molecule has 0 saturated carbocycles. The van der Waals surface area contributed by atoms with E-state index in [1.54, 1.807) is 0 Å². The summed E-state index contributed by atoms with van der Waals surface area (Å²) >= 11 is 0. The fourth-order valence-corrected chi connectivity index (χ4v) is 1.13. The van der Waals surface area contributed by atoms with E-state index in [4.69, 9.17) is 11.2 Å². The maximum Gasteiger partial charge on any atom is 0.0824 e. The Morgan fingerprint density at radius 1 is 1.60 bits per heavy atom. The van der Waals surface area contributed by atoms with Crippen LogP contribution >= 0.6 is 0 Å². The molecule has 56 valence electrons. The third-order valence-electron chi connectivity index (χ3n) is 1.82. The van der Waals surface area contributed by atoms with E-state index in [1.165, 1.54) is 0 Å². The van der Waals surface area contributed by atoms with Gasteiger partial charge >= 0.3 is 0 Å². The Morgan fingerprint density at radius 3 is 2.90 bits per heavy atom. The Balaban J connectivity index is 2.21. The van der Waals surface area contributed by atoms with E-state index in [0.717, 1.165) is 12.8 Å². The fraction of sp³-hybridized carbons (Fsp3) is 0.750. The number of hydrogen-bond donors (Lipinski definition) is 1. The summed E-state index contributed by atoms with van der Waals surface area (Å²) in [6, 6.07) is 0. The second-order valence-corrected chi connectivity index (χ2v) is 2.61. The molecule has 1 rings (SSSR count). The van der Waals surface area contributed by atoms with E-state index in [-0.39, 0.29) is 12.0 Å². The maximum atomic E-state index is 9.22. The van der Waals surface area contributed by atoms with Gasteiger partial charge in [0.25, 0.3) is 0 Å². The highest BCUT2D eigenvalue weighted by atomic mass is 16.5. The highest BCUT2D eigenvalue weighted by Gasteiger charge is 2.24. The van der Waals surface area contributed by atoms with Gasteiger partial charge in [0.15, 0.2) is 0 Å². The second-order valence-electron chi connectivity index (χ2n) is 2.61. The van der Waals surface area contributed by atoms with E-state index in [0.29, 0.717) is 13.2 Å². The second kappa shape index (κ2) is 3.60. The molecule has 2 nitrogen and oxygen atoms in total. The largest absolute Gasteiger partial charge is 0.390 e. The molecule has 0 aromatic heterocycles. The monoisotopic (exact) mass is 140 g/mol. The van der Waals surface area contributed by atoms with Crippen molar-refractivity contribution in [3.63, 3.8) is 0 Å². The van der Waals surface area contributed by atoms with Gasteiger partial charge in [-0.3, -0.25) is 0 Å². The predicted octanol–water partition coefficient (Wildman–Crippen LogP) is 0.407. The zero-order valence-electron chi connectivity index (χ0n) is 5.92. The summed E-state index contributed by atoms with van der Waals surface area (Å²) in [4.78, 5) is 0. The highest BCUT2D eigenvalue weighted by Crippen LogP contribution is 2.18. The molecule has 0 bridgehead atoms. The zero-order valence-corrected chi connectivity index (χ0v) is 5.92. The maximum absolute atomic E-state index is 9.22. The smallest absolute Gasteiger partial charge is 0.0824 e. The average molecular weight is 140 g/mol. The number of hydrogen-bond acceptors (Lipinski definition) is 2. The molecule has 2 atom stereocenters. The Morgan fingerprint density at radius 2 is 2.40 bits per heavy atom. The third kappa shape index (κ3) is 1.73. The van der Waals surface area contributed by atoms with Crippen LogP contribution in [0.1, 0.15) is 12.8 Å². The molecule has 0 amide bonds. The molecular formula is C8H12O2. The van der Waals surface area contributed by atoms with Crippen molar-refractivity contribution in [2.75, 3.05) is 13.2 Å². The van der Waals surface area contributed by atoms with Crippen LogP contribution in [0.25, 0.3) is 0 Å². The first-order chi connectivity index (χ1) is 4.84. The lowest BCUT2D eigenvalue weighted by molar-refractivity contribution is 0.117. The van der Waals surface area contributed by atoms with Gasteiger partial charge in [-0.05, 0) is 6.42 Å². The third-order valence-corrected chi connectivity index (χ3v) is 1.82. The highest BCUT2D eigenvalue weighted by molar-refractivity contribution is 4.86. The molecule has 1 N–H and O–H groups in total. The minimum atomic E-state index is -0.284. The fourth-order valence-electron chi connectivity index (χ4n) is 1.13. The summed E-state index contributed by atoms with van der Waals surface area (Å²) in [5.74, 6) is 2.82. The molecule has 0 aromatic carbocycles. The van der Waals surface area contributed by atoms with Crippen molar-refractivity contribution in [1.29, 1.82) is 0 Å². The molecule has 1 aliphatic heterocycles. The predicted molar refractivity (Wildman–Crippen MR) is 38.4 cm³/mol. The lowest BCUT2D eigenvalue weighted by Gasteiger charge is -2.08. The number of aliphatic hydroxyl groups excluding tert-OH is 1. The van der Waals surface area contributed by atoms with Gasteiger partial charge in [-0.1, -0.05) is 0 Å². The Labute approximate surface area is 61.2 Å². The topological polar surface area (TPSA) is 29.5 Å². The first-order valence-corrected chi connectivity index (χ1v) is 3.54. The summed E-state index contributed by atoms with van der Waals surface area (Å²) in [6.07, 6.45) is 6.42. The van der Waals surface area contributed by atoms with Crippen molar-refractivity contribution in [2.24, 2.45) is 5.92 Å². The van der Waals surface area contributed by atoms with Crippen molar-refractivity contribution in [1.82, 2.24) is 0 Å². The number of aliphatic hydroxyl groups is 1. The molecule has 0 radical (unpaired) electrons. The molecule has 1 saturated heterocycles. The van der Waals surface area contributed by atoms with Crippen molar-refractivity contribution in [3.8, 4) is 12.3 Å². The van der Waals surface area contributed by atoms with Crippen molar-refractivity contribution >= 4 is 0 Å². The van der Waals surface area contributed by atoms with E-state index < -0.39 is 0 Å². The molecule has 1 heterocycles. The van der Waals surface area contributed by atoms with Crippen LogP contribution in [-0.2, 0) is 4.74 Å². The Hall–Kier alpha value is -0.520. The van der Waals surface area contributed by atoms with E-state index in [2.05, 4.69) is 5.92 Å². The van der Waals surface area contributed by atoms with Crippen LogP contribution in [0.2, 0.25) is 0 Å². The first kappa shape index (κ1) is 7.59. The Kier molecular flexibility index (Phi) is 2.73. The molecule has 0 unspecified atom stereocenters. The number of rotatable bonds is 2. The summed E-state index contributed by atoms with van der Waals surface area (Å²) in [7, 11) is 0. The minimum Gasteiger partial charge on any atom is -0.390 e. The normalized spacial score (nSPS) is 32.0. The lowest BCUT2D eigenvalue weighted by atomic mass is 10.0. The van der Waals surface area contributed by atoms with Crippen LogP contribution in [0, 0.1) is 18.3 Å². The number of terminal acetylenes is 1. The van der Waals surface area contributed by atoms with E-state index in [1.807, 2.05) is 0 Å². The van der Waals surface area contributed by atoms with Crippen LogP contribution in [-0.4, -0.2) is 24.4 Å². The van der Waals surface area contributed by atoms with Gasteiger partial charge in [0.1, 0.15) is 0 Å². The van der Waals surface area contributed by atoms with Crippen LogP contribution in [0.4, 0.5) is 0 Å². The minimum absolute atomic E-state index is 0.274. The van der Waals surface area contributed by atoms with Gasteiger partial charge in [0.2, 0.25) is 0 Å². The lowest BCUT2D eigenvalue weighted by Crippen LogP contribution is -2.17. The quantitative estimate of drug-likeness (QED) is 0.563. The summed E-state index contributed by atoms with van der Waals surface area (Å²) in [5, 5.41) is 9.22. The molecule has 1 aliphatic rings. The van der Waals surface area contributed by atoms with Gasteiger partial charge in [-0.2, -0.15) is 0 Å². The van der Waals surface area contributed by atoms with Crippen LogP contribution in [0.5, 0.6) is 0 Å². The summed E-state index contributed by atoms with van der Waals surface area (Å²) in [6.45, 7) is 1.15. The number of ether oxygens (including phenoxy) is 1.